The number of Topliss-reactive ketones (excluding diaryl/α,β-unsaturated/α-hetero) is 1. The zero-order valence-corrected chi connectivity index (χ0v) is 14.8. The van der Waals surface area contributed by atoms with Crippen LogP contribution in [-0.2, 0) is 20.9 Å². The van der Waals surface area contributed by atoms with Gasteiger partial charge in [0.05, 0.1) is 24.9 Å². The molecule has 0 fully saturated rings. The van der Waals surface area contributed by atoms with Gasteiger partial charge in [0, 0.05) is 11.8 Å². The van der Waals surface area contributed by atoms with Crippen molar-refractivity contribution in [3.05, 3.63) is 35.9 Å². The highest BCUT2D eigenvalue weighted by molar-refractivity contribution is 5.84. The minimum Gasteiger partial charge on any atom is -0.374 e. The molecule has 0 aliphatic rings. The van der Waals surface area contributed by atoms with Gasteiger partial charge in [-0.1, -0.05) is 51.1 Å². The molecule has 0 N–H and O–H groups in total. The molecule has 124 valence electrons. The maximum Gasteiger partial charge on any atom is 0.140 e. The average Bonchev–Trinajstić information content (AvgIpc) is 2.36. The van der Waals surface area contributed by atoms with E-state index in [4.69, 9.17) is 9.47 Å². The molecule has 1 aromatic rings. The monoisotopic (exact) mass is 306 g/mol. The van der Waals surface area contributed by atoms with Crippen molar-refractivity contribution in [1.29, 1.82) is 0 Å². The van der Waals surface area contributed by atoms with E-state index >= 15 is 0 Å². The van der Waals surface area contributed by atoms with E-state index in [1.807, 2.05) is 71.9 Å². The number of hydrogen-bond donors (Lipinski definition) is 0. The van der Waals surface area contributed by atoms with E-state index in [1.165, 1.54) is 0 Å². The summed E-state index contributed by atoms with van der Waals surface area (Å²) < 4.78 is 11.8. The lowest BCUT2D eigenvalue weighted by Crippen LogP contribution is -2.35. The van der Waals surface area contributed by atoms with Crippen molar-refractivity contribution in [2.45, 2.75) is 66.3 Å². The summed E-state index contributed by atoms with van der Waals surface area (Å²) in [4.78, 5) is 12.3. The van der Waals surface area contributed by atoms with Crippen molar-refractivity contribution < 1.29 is 14.3 Å². The molecule has 22 heavy (non-hydrogen) atoms. The first-order valence-corrected chi connectivity index (χ1v) is 7.91. The second-order valence-electron chi connectivity index (χ2n) is 7.73. The molecular formula is C19H30O3. The van der Waals surface area contributed by atoms with Gasteiger partial charge in [-0.3, -0.25) is 4.79 Å². The van der Waals surface area contributed by atoms with Gasteiger partial charge in [0.15, 0.2) is 0 Å². The number of ketones is 1. The quantitative estimate of drug-likeness (QED) is 0.749. The lowest BCUT2D eigenvalue weighted by molar-refractivity contribution is -0.137. The van der Waals surface area contributed by atoms with Crippen LogP contribution in [0.4, 0.5) is 0 Å². The zero-order chi connectivity index (χ0) is 16.8. The Labute approximate surface area is 135 Å². The third-order valence-corrected chi connectivity index (χ3v) is 3.19. The molecule has 0 radical (unpaired) electrons. The molecule has 0 aliphatic carbocycles. The molecule has 3 heteroatoms. The fraction of sp³-hybridized carbons (Fsp3) is 0.632. The predicted octanol–water partition coefficient (Wildman–Crippen LogP) is 4.39. The maximum absolute atomic E-state index is 12.3. The third-order valence-electron chi connectivity index (χ3n) is 3.19. The Hall–Kier alpha value is -1.19. The van der Waals surface area contributed by atoms with Gasteiger partial charge in [0.2, 0.25) is 0 Å². The molecule has 1 atom stereocenters. The molecule has 1 aromatic carbocycles. The van der Waals surface area contributed by atoms with Gasteiger partial charge in [-0.15, -0.1) is 0 Å². The second kappa shape index (κ2) is 7.89. The lowest BCUT2D eigenvalue weighted by Gasteiger charge is -2.29. The summed E-state index contributed by atoms with van der Waals surface area (Å²) in [7, 11) is 0. The Morgan fingerprint density at radius 2 is 1.64 bits per heavy atom. The zero-order valence-electron chi connectivity index (χ0n) is 14.8. The molecule has 0 heterocycles. The SMILES string of the molecule is CC(C)(C)OC(COCc1ccccc1)CC(=O)C(C)(C)C. The summed E-state index contributed by atoms with van der Waals surface area (Å²) in [6, 6.07) is 10.0. The van der Waals surface area contributed by atoms with Gasteiger partial charge in [0.25, 0.3) is 0 Å². The first-order chi connectivity index (χ1) is 10.1. The van der Waals surface area contributed by atoms with E-state index < -0.39 is 0 Å². The van der Waals surface area contributed by atoms with Crippen molar-refractivity contribution in [3.63, 3.8) is 0 Å². The smallest absolute Gasteiger partial charge is 0.140 e. The van der Waals surface area contributed by atoms with E-state index in [1.54, 1.807) is 0 Å². The second-order valence-corrected chi connectivity index (χ2v) is 7.73. The Bertz CT molecular complexity index is 452. The van der Waals surface area contributed by atoms with Crippen LogP contribution in [-0.4, -0.2) is 24.1 Å². The van der Waals surface area contributed by atoms with E-state index in [-0.39, 0.29) is 22.9 Å². The fourth-order valence-corrected chi connectivity index (χ4v) is 2.03. The van der Waals surface area contributed by atoms with Gasteiger partial charge in [-0.25, -0.2) is 0 Å². The molecule has 0 aliphatic heterocycles. The Morgan fingerprint density at radius 1 is 1.05 bits per heavy atom. The van der Waals surface area contributed by atoms with Crippen LogP contribution in [0.2, 0.25) is 0 Å². The number of hydrogen-bond acceptors (Lipinski definition) is 3. The van der Waals surface area contributed by atoms with Crippen molar-refractivity contribution in [2.24, 2.45) is 5.41 Å². The van der Waals surface area contributed by atoms with Crippen LogP contribution in [0.1, 0.15) is 53.5 Å². The van der Waals surface area contributed by atoms with Gasteiger partial charge < -0.3 is 9.47 Å². The molecular weight excluding hydrogens is 276 g/mol. The van der Waals surface area contributed by atoms with Crippen LogP contribution in [0.3, 0.4) is 0 Å². The van der Waals surface area contributed by atoms with E-state index in [0.29, 0.717) is 19.6 Å². The molecule has 0 amide bonds. The topological polar surface area (TPSA) is 35.5 Å². The van der Waals surface area contributed by atoms with Crippen molar-refractivity contribution in [1.82, 2.24) is 0 Å². The Morgan fingerprint density at radius 3 is 2.14 bits per heavy atom. The summed E-state index contributed by atoms with van der Waals surface area (Å²) in [6.07, 6.45) is 0.172. The first-order valence-electron chi connectivity index (χ1n) is 7.91. The summed E-state index contributed by atoms with van der Waals surface area (Å²) in [5.41, 5.74) is 0.483. The van der Waals surface area contributed by atoms with Crippen molar-refractivity contribution >= 4 is 5.78 Å². The van der Waals surface area contributed by atoms with Crippen molar-refractivity contribution in [2.75, 3.05) is 6.61 Å². The number of rotatable bonds is 7. The molecule has 0 saturated heterocycles. The molecule has 3 nitrogen and oxygen atoms in total. The summed E-state index contributed by atoms with van der Waals surface area (Å²) in [5, 5.41) is 0. The highest BCUT2D eigenvalue weighted by Gasteiger charge is 2.27. The molecule has 1 unspecified atom stereocenters. The first kappa shape index (κ1) is 18.9. The third kappa shape index (κ3) is 7.71. The Balaban J connectivity index is 2.56. The van der Waals surface area contributed by atoms with E-state index in [2.05, 4.69) is 0 Å². The number of benzene rings is 1. The Kier molecular flexibility index (Phi) is 6.76. The average molecular weight is 306 g/mol. The normalized spacial score (nSPS) is 13.9. The molecule has 1 rings (SSSR count). The highest BCUT2D eigenvalue weighted by atomic mass is 16.5. The maximum atomic E-state index is 12.3. The molecule has 0 saturated carbocycles. The van der Waals surface area contributed by atoms with Crippen LogP contribution in [0.15, 0.2) is 30.3 Å². The van der Waals surface area contributed by atoms with Crippen LogP contribution in [0.5, 0.6) is 0 Å². The lowest BCUT2D eigenvalue weighted by atomic mass is 9.87. The minimum atomic E-state index is -0.348. The minimum absolute atomic E-state index is 0.199. The van der Waals surface area contributed by atoms with E-state index in [0.717, 1.165) is 5.56 Å². The van der Waals surface area contributed by atoms with Crippen LogP contribution < -0.4 is 0 Å². The summed E-state index contributed by atoms with van der Waals surface area (Å²) in [6.45, 7) is 12.8. The van der Waals surface area contributed by atoms with Crippen molar-refractivity contribution in [3.8, 4) is 0 Å². The number of carbonyl (C=O) groups is 1. The molecule has 0 spiro atoms. The van der Waals surface area contributed by atoms with Gasteiger partial charge in [-0.05, 0) is 26.3 Å². The van der Waals surface area contributed by atoms with Gasteiger partial charge >= 0.3 is 0 Å². The number of ether oxygens (including phenoxy) is 2. The van der Waals surface area contributed by atoms with Crippen LogP contribution in [0, 0.1) is 5.41 Å². The fourth-order valence-electron chi connectivity index (χ4n) is 2.03. The predicted molar refractivity (Wildman–Crippen MR) is 89.8 cm³/mol. The van der Waals surface area contributed by atoms with Crippen LogP contribution >= 0.6 is 0 Å². The van der Waals surface area contributed by atoms with Gasteiger partial charge in [-0.2, -0.15) is 0 Å². The molecule has 0 bridgehead atoms. The highest BCUT2D eigenvalue weighted by Crippen LogP contribution is 2.21. The molecule has 0 aromatic heterocycles. The standard InChI is InChI=1S/C19H30O3/c1-18(2,3)17(20)12-16(22-19(4,5)6)14-21-13-15-10-8-7-9-11-15/h7-11,16H,12-14H2,1-6H3. The van der Waals surface area contributed by atoms with E-state index in [9.17, 15) is 4.79 Å². The van der Waals surface area contributed by atoms with Gasteiger partial charge in [0.1, 0.15) is 5.78 Å². The number of carbonyl (C=O) groups excluding carboxylic acids is 1. The van der Waals surface area contributed by atoms with Crippen LogP contribution in [0.25, 0.3) is 0 Å². The summed E-state index contributed by atoms with van der Waals surface area (Å²) in [5.74, 6) is 0.199. The largest absolute Gasteiger partial charge is 0.374 e. The summed E-state index contributed by atoms with van der Waals surface area (Å²) >= 11 is 0.